The van der Waals surface area contributed by atoms with Crippen molar-refractivity contribution in [1.29, 1.82) is 0 Å². The first-order valence-corrected chi connectivity index (χ1v) is 6.09. The van der Waals surface area contributed by atoms with E-state index in [9.17, 15) is 4.79 Å². The summed E-state index contributed by atoms with van der Waals surface area (Å²) >= 11 is 1.37. The van der Waals surface area contributed by atoms with Crippen molar-refractivity contribution < 1.29 is 9.90 Å². The van der Waals surface area contributed by atoms with Gasteiger partial charge in [-0.15, -0.1) is 11.8 Å². The summed E-state index contributed by atoms with van der Waals surface area (Å²) in [4.78, 5) is 11.7. The Labute approximate surface area is 100 Å². The van der Waals surface area contributed by atoms with Crippen molar-refractivity contribution in [3.63, 3.8) is 0 Å². The number of aliphatic carboxylic acids is 1. The van der Waals surface area contributed by atoms with Gasteiger partial charge in [0.15, 0.2) is 0 Å². The molecule has 1 aromatic carbocycles. The van der Waals surface area contributed by atoms with Gasteiger partial charge in [-0.25, -0.2) is 0 Å². The molecule has 0 heterocycles. The summed E-state index contributed by atoms with van der Waals surface area (Å²) in [5.74, 6) is -0.780. The van der Waals surface area contributed by atoms with Gasteiger partial charge in [0, 0.05) is 10.9 Å². The second-order valence-corrected chi connectivity index (χ2v) is 5.10. The Morgan fingerprint density at radius 2 is 2.12 bits per heavy atom. The molecular weight excluding hydrogens is 222 g/mol. The summed E-state index contributed by atoms with van der Waals surface area (Å²) in [7, 11) is 1.91. The summed E-state index contributed by atoms with van der Waals surface area (Å²) in [5, 5.41) is 11.6. The molecule has 88 valence electrons. The van der Waals surface area contributed by atoms with Crippen molar-refractivity contribution in [2.75, 3.05) is 7.05 Å². The molecule has 0 saturated carbocycles. The lowest BCUT2D eigenvalue weighted by molar-refractivity contribution is -0.136. The van der Waals surface area contributed by atoms with E-state index in [0.717, 1.165) is 4.90 Å². The largest absolute Gasteiger partial charge is 0.480 e. The van der Waals surface area contributed by atoms with E-state index in [-0.39, 0.29) is 6.04 Å². The molecule has 0 aliphatic carbocycles. The minimum atomic E-state index is -0.780. The summed E-state index contributed by atoms with van der Waals surface area (Å²) in [6.45, 7) is 3.77. The second kappa shape index (κ2) is 5.92. The quantitative estimate of drug-likeness (QED) is 0.775. The van der Waals surface area contributed by atoms with Crippen molar-refractivity contribution in [1.82, 2.24) is 5.32 Å². The van der Waals surface area contributed by atoms with Crippen LogP contribution in [0.5, 0.6) is 0 Å². The molecule has 3 nitrogen and oxygen atoms in total. The number of thioether (sulfide) groups is 1. The van der Waals surface area contributed by atoms with Crippen molar-refractivity contribution in [2.45, 2.75) is 30.0 Å². The monoisotopic (exact) mass is 239 g/mol. The number of hydrogen-bond donors (Lipinski definition) is 2. The van der Waals surface area contributed by atoms with Gasteiger partial charge < -0.3 is 10.4 Å². The predicted octanol–water partition coefficient (Wildman–Crippen LogP) is 2.53. The second-order valence-electron chi connectivity index (χ2n) is 3.68. The van der Waals surface area contributed by atoms with Gasteiger partial charge in [-0.2, -0.15) is 0 Å². The summed E-state index contributed by atoms with van der Waals surface area (Å²) < 4.78 is 0. The van der Waals surface area contributed by atoms with E-state index in [1.807, 2.05) is 31.3 Å². The molecule has 1 aromatic rings. The SMILES string of the molecule is CNC(C)c1cccc(SC(C)C(=O)O)c1. The van der Waals surface area contributed by atoms with Gasteiger partial charge in [-0.05, 0) is 38.6 Å². The molecule has 2 atom stereocenters. The average Bonchev–Trinajstić information content (AvgIpc) is 2.28. The summed E-state index contributed by atoms with van der Waals surface area (Å²) in [5.41, 5.74) is 1.17. The highest BCUT2D eigenvalue weighted by Gasteiger charge is 2.13. The first kappa shape index (κ1) is 13.1. The van der Waals surface area contributed by atoms with Gasteiger partial charge in [0.05, 0.1) is 0 Å². The van der Waals surface area contributed by atoms with Crippen molar-refractivity contribution in [3.8, 4) is 0 Å². The highest BCUT2D eigenvalue weighted by atomic mass is 32.2. The third kappa shape index (κ3) is 3.54. The lowest BCUT2D eigenvalue weighted by Gasteiger charge is -2.12. The molecule has 0 spiro atoms. The smallest absolute Gasteiger partial charge is 0.316 e. The van der Waals surface area contributed by atoms with Crippen LogP contribution in [-0.2, 0) is 4.79 Å². The maximum Gasteiger partial charge on any atom is 0.316 e. The minimum Gasteiger partial charge on any atom is -0.480 e. The molecule has 4 heteroatoms. The first-order chi connectivity index (χ1) is 7.54. The Balaban J connectivity index is 2.78. The van der Waals surface area contributed by atoms with E-state index < -0.39 is 11.2 Å². The van der Waals surface area contributed by atoms with Gasteiger partial charge >= 0.3 is 5.97 Å². The van der Waals surface area contributed by atoms with Crippen LogP contribution >= 0.6 is 11.8 Å². The number of rotatable bonds is 5. The van der Waals surface area contributed by atoms with Crippen LogP contribution < -0.4 is 5.32 Å². The third-order valence-corrected chi connectivity index (χ3v) is 3.53. The average molecular weight is 239 g/mol. The number of hydrogen-bond acceptors (Lipinski definition) is 3. The number of benzene rings is 1. The first-order valence-electron chi connectivity index (χ1n) is 5.21. The Hall–Kier alpha value is -1.00. The fraction of sp³-hybridized carbons (Fsp3) is 0.417. The van der Waals surface area contributed by atoms with Gasteiger partial charge in [0.25, 0.3) is 0 Å². The topological polar surface area (TPSA) is 49.3 Å². The molecule has 16 heavy (non-hydrogen) atoms. The van der Waals surface area contributed by atoms with Crippen LogP contribution in [0.4, 0.5) is 0 Å². The van der Waals surface area contributed by atoms with Gasteiger partial charge in [0.1, 0.15) is 5.25 Å². The Morgan fingerprint density at radius 3 is 2.69 bits per heavy atom. The molecule has 0 bridgehead atoms. The fourth-order valence-electron chi connectivity index (χ4n) is 1.28. The van der Waals surface area contributed by atoms with Crippen LogP contribution in [0.15, 0.2) is 29.2 Å². The zero-order valence-electron chi connectivity index (χ0n) is 9.73. The van der Waals surface area contributed by atoms with Crippen LogP contribution in [0.25, 0.3) is 0 Å². The number of nitrogens with one attached hydrogen (secondary N) is 1. The molecule has 1 rings (SSSR count). The predicted molar refractivity (Wildman–Crippen MR) is 66.9 cm³/mol. The molecule has 2 unspecified atom stereocenters. The number of carbonyl (C=O) groups is 1. The van der Waals surface area contributed by atoms with Crippen molar-refractivity contribution in [3.05, 3.63) is 29.8 Å². The Bertz CT molecular complexity index is 368. The zero-order valence-corrected chi connectivity index (χ0v) is 10.5. The van der Waals surface area contributed by atoms with Crippen LogP contribution in [0.1, 0.15) is 25.5 Å². The minimum absolute atomic E-state index is 0.278. The molecule has 0 saturated heterocycles. The van der Waals surface area contributed by atoms with Gasteiger partial charge in [-0.1, -0.05) is 12.1 Å². The number of carboxylic acids is 1. The highest BCUT2D eigenvalue weighted by Crippen LogP contribution is 2.25. The zero-order chi connectivity index (χ0) is 12.1. The maximum absolute atomic E-state index is 10.7. The van der Waals surface area contributed by atoms with Gasteiger partial charge in [0.2, 0.25) is 0 Å². The molecule has 0 amide bonds. The molecular formula is C12H17NO2S. The Morgan fingerprint density at radius 1 is 1.44 bits per heavy atom. The van der Waals surface area contributed by atoms with Crippen molar-refractivity contribution >= 4 is 17.7 Å². The van der Waals surface area contributed by atoms with E-state index in [0.29, 0.717) is 0 Å². The Kier molecular flexibility index (Phi) is 4.83. The van der Waals surface area contributed by atoms with E-state index in [1.54, 1.807) is 6.92 Å². The summed E-state index contributed by atoms with van der Waals surface area (Å²) in [6.07, 6.45) is 0. The standard InChI is InChI=1S/C12H17NO2S/c1-8(13-3)10-5-4-6-11(7-10)16-9(2)12(14)15/h4-9,13H,1-3H3,(H,14,15). The molecule has 0 aliphatic heterocycles. The molecule has 0 aromatic heterocycles. The lowest BCUT2D eigenvalue weighted by atomic mass is 10.1. The van der Waals surface area contributed by atoms with Crippen molar-refractivity contribution in [2.24, 2.45) is 0 Å². The molecule has 0 radical (unpaired) electrons. The van der Waals surface area contributed by atoms with Crippen LogP contribution in [-0.4, -0.2) is 23.4 Å². The highest BCUT2D eigenvalue weighted by molar-refractivity contribution is 8.00. The van der Waals surface area contributed by atoms with Crippen LogP contribution in [0.3, 0.4) is 0 Å². The maximum atomic E-state index is 10.7. The van der Waals surface area contributed by atoms with Crippen LogP contribution in [0.2, 0.25) is 0 Å². The van der Waals surface area contributed by atoms with E-state index in [1.165, 1.54) is 17.3 Å². The third-order valence-electron chi connectivity index (χ3n) is 2.45. The number of carboxylic acid groups (broad SMARTS) is 1. The van der Waals surface area contributed by atoms with Crippen LogP contribution in [0, 0.1) is 0 Å². The van der Waals surface area contributed by atoms with Gasteiger partial charge in [-0.3, -0.25) is 4.79 Å². The van der Waals surface area contributed by atoms with E-state index in [2.05, 4.69) is 12.2 Å². The summed E-state index contributed by atoms with van der Waals surface area (Å²) in [6, 6.07) is 8.25. The molecule has 0 aliphatic rings. The lowest BCUT2D eigenvalue weighted by Crippen LogP contribution is -2.13. The molecule has 2 N–H and O–H groups in total. The fourth-order valence-corrected chi connectivity index (χ4v) is 2.15. The van der Waals surface area contributed by atoms with E-state index >= 15 is 0 Å². The molecule has 0 fully saturated rings. The van der Waals surface area contributed by atoms with E-state index in [4.69, 9.17) is 5.11 Å². The normalized spacial score (nSPS) is 14.4.